The maximum Gasteiger partial charge on any atom is 0.339 e. The molecule has 0 saturated carbocycles. The number of hydrogen-bond donors (Lipinski definition) is 0. The number of rotatable bonds is 10. The van der Waals surface area contributed by atoms with Gasteiger partial charge in [0.1, 0.15) is 0 Å². The Morgan fingerprint density at radius 1 is 0.966 bits per heavy atom. The number of hydrogen-bond acceptors (Lipinski definition) is 5. The maximum absolute atomic E-state index is 12.8. The summed E-state index contributed by atoms with van der Waals surface area (Å²) in [4.78, 5) is 26.8. The highest BCUT2D eigenvalue weighted by Crippen LogP contribution is 2.30. The zero-order chi connectivity index (χ0) is 21.2. The SMILES string of the molecule is CCCCOc1ccc(C(=O)OC(C(=O)N(C)C)c2ccccc2)cc1OCC. The largest absolute Gasteiger partial charge is 0.490 e. The van der Waals surface area contributed by atoms with E-state index in [-0.39, 0.29) is 5.91 Å². The van der Waals surface area contributed by atoms with Crippen molar-refractivity contribution in [3.05, 3.63) is 59.7 Å². The van der Waals surface area contributed by atoms with Crippen molar-refractivity contribution in [2.75, 3.05) is 27.3 Å². The van der Waals surface area contributed by atoms with Crippen molar-refractivity contribution < 1.29 is 23.8 Å². The second-order valence-corrected chi connectivity index (χ2v) is 6.73. The van der Waals surface area contributed by atoms with Crippen LogP contribution in [0, 0.1) is 0 Å². The molecule has 0 heterocycles. The first kappa shape index (κ1) is 22.3. The molecule has 1 atom stereocenters. The van der Waals surface area contributed by atoms with E-state index < -0.39 is 12.1 Å². The molecule has 2 rings (SSSR count). The Labute approximate surface area is 172 Å². The van der Waals surface area contributed by atoms with Crippen molar-refractivity contribution in [3.63, 3.8) is 0 Å². The van der Waals surface area contributed by atoms with E-state index in [1.54, 1.807) is 56.6 Å². The van der Waals surface area contributed by atoms with E-state index in [9.17, 15) is 9.59 Å². The molecule has 1 unspecified atom stereocenters. The predicted molar refractivity (Wildman–Crippen MR) is 111 cm³/mol. The van der Waals surface area contributed by atoms with Crippen LogP contribution in [0.5, 0.6) is 11.5 Å². The first-order chi connectivity index (χ1) is 14.0. The molecule has 2 aromatic rings. The van der Waals surface area contributed by atoms with E-state index in [2.05, 4.69) is 6.92 Å². The predicted octanol–water partition coefficient (Wildman–Crippen LogP) is 4.25. The number of benzene rings is 2. The Balaban J connectivity index is 2.24. The van der Waals surface area contributed by atoms with E-state index in [1.165, 1.54) is 4.90 Å². The van der Waals surface area contributed by atoms with Gasteiger partial charge in [0.25, 0.3) is 5.91 Å². The molecule has 0 aliphatic carbocycles. The van der Waals surface area contributed by atoms with Crippen molar-refractivity contribution in [1.29, 1.82) is 0 Å². The van der Waals surface area contributed by atoms with E-state index in [0.29, 0.717) is 35.8 Å². The minimum Gasteiger partial charge on any atom is -0.490 e. The lowest BCUT2D eigenvalue weighted by atomic mass is 10.1. The third-order valence-electron chi connectivity index (χ3n) is 4.23. The molecule has 29 heavy (non-hydrogen) atoms. The van der Waals surface area contributed by atoms with Crippen LogP contribution in [0.15, 0.2) is 48.5 Å². The normalized spacial score (nSPS) is 11.4. The van der Waals surface area contributed by atoms with Gasteiger partial charge in [0, 0.05) is 19.7 Å². The van der Waals surface area contributed by atoms with Crippen LogP contribution in [0.1, 0.15) is 48.7 Å². The summed E-state index contributed by atoms with van der Waals surface area (Å²) in [6.07, 6.45) is 0.936. The van der Waals surface area contributed by atoms with Crippen molar-refractivity contribution >= 4 is 11.9 Å². The summed E-state index contributed by atoms with van der Waals surface area (Å²) in [5.41, 5.74) is 0.910. The van der Waals surface area contributed by atoms with Crippen LogP contribution in [0.4, 0.5) is 0 Å². The van der Waals surface area contributed by atoms with Gasteiger partial charge in [-0.2, -0.15) is 0 Å². The van der Waals surface area contributed by atoms with Gasteiger partial charge in [0.05, 0.1) is 18.8 Å². The van der Waals surface area contributed by atoms with Crippen molar-refractivity contribution in [2.45, 2.75) is 32.8 Å². The van der Waals surface area contributed by atoms with Gasteiger partial charge in [0.2, 0.25) is 6.10 Å². The lowest BCUT2D eigenvalue weighted by molar-refractivity contribution is -0.138. The van der Waals surface area contributed by atoms with Crippen LogP contribution in [0.25, 0.3) is 0 Å². The molecule has 0 aromatic heterocycles. The molecular weight excluding hydrogens is 370 g/mol. The summed E-state index contributed by atoms with van der Waals surface area (Å²) in [5.74, 6) is 0.151. The van der Waals surface area contributed by atoms with Crippen LogP contribution in [0.3, 0.4) is 0 Å². The monoisotopic (exact) mass is 399 g/mol. The zero-order valence-electron chi connectivity index (χ0n) is 17.5. The van der Waals surface area contributed by atoms with Crippen molar-refractivity contribution in [1.82, 2.24) is 4.90 Å². The molecule has 0 aliphatic heterocycles. The molecule has 0 radical (unpaired) electrons. The third kappa shape index (κ3) is 6.24. The summed E-state index contributed by atoms with van der Waals surface area (Å²) in [6, 6.07) is 13.9. The maximum atomic E-state index is 12.8. The van der Waals surface area contributed by atoms with Gasteiger partial charge in [-0.05, 0) is 31.5 Å². The van der Waals surface area contributed by atoms with Gasteiger partial charge in [-0.25, -0.2) is 4.79 Å². The summed E-state index contributed by atoms with van der Waals surface area (Å²) in [7, 11) is 3.25. The van der Waals surface area contributed by atoms with Gasteiger partial charge in [0.15, 0.2) is 11.5 Å². The molecular formula is C23H29NO5. The summed E-state index contributed by atoms with van der Waals surface area (Å²) in [6.45, 7) is 4.97. The van der Waals surface area contributed by atoms with E-state index in [1.807, 2.05) is 13.0 Å². The van der Waals surface area contributed by atoms with Gasteiger partial charge >= 0.3 is 5.97 Å². The lowest BCUT2D eigenvalue weighted by Crippen LogP contribution is -2.31. The first-order valence-corrected chi connectivity index (χ1v) is 9.84. The highest BCUT2D eigenvalue weighted by Gasteiger charge is 2.27. The standard InChI is InChI=1S/C23H29NO5/c1-5-7-15-28-19-14-13-18(16-20(19)27-6-2)23(26)29-21(22(25)24(3)4)17-11-9-8-10-12-17/h8-14,16,21H,5-7,15H2,1-4H3. The van der Waals surface area contributed by atoms with Crippen LogP contribution in [-0.2, 0) is 9.53 Å². The molecule has 156 valence electrons. The quantitative estimate of drug-likeness (QED) is 0.441. The number of carbonyl (C=O) groups is 2. The summed E-state index contributed by atoms with van der Waals surface area (Å²) < 4.78 is 17.0. The highest BCUT2D eigenvalue weighted by molar-refractivity contribution is 5.93. The minimum absolute atomic E-state index is 0.295. The van der Waals surface area contributed by atoms with Gasteiger partial charge < -0.3 is 19.1 Å². The Hall–Kier alpha value is -3.02. The zero-order valence-corrected chi connectivity index (χ0v) is 17.5. The third-order valence-corrected chi connectivity index (χ3v) is 4.23. The number of esters is 1. The van der Waals surface area contributed by atoms with E-state index >= 15 is 0 Å². The average molecular weight is 399 g/mol. The van der Waals surface area contributed by atoms with Crippen molar-refractivity contribution in [3.8, 4) is 11.5 Å². The van der Waals surface area contributed by atoms with Gasteiger partial charge in [-0.1, -0.05) is 43.7 Å². The minimum atomic E-state index is -1.02. The van der Waals surface area contributed by atoms with Crippen molar-refractivity contribution in [2.24, 2.45) is 0 Å². The molecule has 2 aromatic carbocycles. The number of amides is 1. The Morgan fingerprint density at radius 2 is 1.69 bits per heavy atom. The van der Waals surface area contributed by atoms with Crippen LogP contribution in [0.2, 0.25) is 0 Å². The summed E-state index contributed by atoms with van der Waals surface area (Å²) >= 11 is 0. The van der Waals surface area contributed by atoms with Gasteiger partial charge in [-0.3, -0.25) is 4.79 Å². The number of nitrogens with zero attached hydrogens (tertiary/aromatic N) is 1. The fraction of sp³-hybridized carbons (Fsp3) is 0.391. The van der Waals surface area contributed by atoms with Crippen LogP contribution >= 0.6 is 0 Å². The second-order valence-electron chi connectivity index (χ2n) is 6.73. The molecule has 0 saturated heterocycles. The summed E-state index contributed by atoms with van der Waals surface area (Å²) in [5, 5.41) is 0. The Kier molecular flexibility index (Phi) is 8.52. The fourth-order valence-electron chi connectivity index (χ4n) is 2.65. The highest BCUT2D eigenvalue weighted by atomic mass is 16.5. The molecule has 0 bridgehead atoms. The number of ether oxygens (including phenoxy) is 3. The van der Waals surface area contributed by atoms with Crippen LogP contribution < -0.4 is 9.47 Å². The number of likely N-dealkylation sites (N-methyl/N-ethyl adjacent to an activating group) is 1. The molecule has 6 nitrogen and oxygen atoms in total. The molecule has 6 heteroatoms. The average Bonchev–Trinajstić information content (AvgIpc) is 2.73. The fourth-order valence-corrected chi connectivity index (χ4v) is 2.65. The lowest BCUT2D eigenvalue weighted by Gasteiger charge is -2.21. The first-order valence-electron chi connectivity index (χ1n) is 9.84. The van der Waals surface area contributed by atoms with E-state index in [4.69, 9.17) is 14.2 Å². The Bertz CT molecular complexity index is 804. The number of unbranched alkanes of at least 4 members (excludes halogenated alkanes) is 1. The second kappa shape index (κ2) is 11.1. The molecule has 0 N–H and O–H groups in total. The van der Waals surface area contributed by atoms with Gasteiger partial charge in [-0.15, -0.1) is 0 Å². The Morgan fingerprint density at radius 3 is 2.31 bits per heavy atom. The smallest absolute Gasteiger partial charge is 0.339 e. The molecule has 0 fully saturated rings. The molecule has 1 amide bonds. The topological polar surface area (TPSA) is 65.1 Å². The molecule has 0 spiro atoms. The number of carbonyl (C=O) groups excluding carboxylic acids is 2. The molecule has 0 aliphatic rings. The van der Waals surface area contributed by atoms with Crippen LogP contribution in [-0.4, -0.2) is 44.1 Å². The van der Waals surface area contributed by atoms with E-state index in [0.717, 1.165) is 12.8 Å².